The lowest BCUT2D eigenvalue weighted by molar-refractivity contribution is -0.113. The van der Waals surface area contributed by atoms with Crippen LogP contribution in [0.4, 0.5) is 5.69 Å². The van der Waals surface area contributed by atoms with Crippen LogP contribution < -0.4 is 10.9 Å². The number of anilines is 1. The molecular formula is C17H16IN3O2S2. The molecule has 0 radical (unpaired) electrons. The molecule has 0 saturated carbocycles. The van der Waals surface area contributed by atoms with Gasteiger partial charge in [-0.15, -0.1) is 11.3 Å². The van der Waals surface area contributed by atoms with Crippen molar-refractivity contribution in [3.8, 4) is 0 Å². The predicted octanol–water partition coefficient (Wildman–Crippen LogP) is 3.95. The molecule has 3 rings (SSSR count). The highest BCUT2D eigenvalue weighted by Gasteiger charge is 2.15. The van der Waals surface area contributed by atoms with Crippen LogP contribution in [0.1, 0.15) is 10.4 Å². The van der Waals surface area contributed by atoms with Crippen molar-refractivity contribution in [2.75, 3.05) is 11.1 Å². The molecule has 8 heteroatoms. The number of thioether (sulfide) groups is 1. The number of aryl methyl sites for hydroxylation is 2. The number of benzene rings is 1. The van der Waals surface area contributed by atoms with Gasteiger partial charge in [0.2, 0.25) is 5.91 Å². The summed E-state index contributed by atoms with van der Waals surface area (Å²) in [5.74, 6) is 0.0699. The Balaban J connectivity index is 1.78. The molecule has 5 nitrogen and oxygen atoms in total. The van der Waals surface area contributed by atoms with Crippen molar-refractivity contribution in [1.82, 2.24) is 9.55 Å². The van der Waals surface area contributed by atoms with Crippen LogP contribution in [-0.4, -0.2) is 21.2 Å². The summed E-state index contributed by atoms with van der Waals surface area (Å²) in [6, 6.07) is 7.61. The van der Waals surface area contributed by atoms with Crippen molar-refractivity contribution >= 4 is 67.5 Å². The number of fused-ring (bicyclic) bond motifs is 1. The largest absolute Gasteiger partial charge is 0.325 e. The molecule has 0 aliphatic rings. The quantitative estimate of drug-likeness (QED) is 0.346. The molecule has 0 aliphatic carbocycles. The molecule has 25 heavy (non-hydrogen) atoms. The zero-order chi connectivity index (χ0) is 18.1. The van der Waals surface area contributed by atoms with Gasteiger partial charge in [-0.3, -0.25) is 14.2 Å². The van der Waals surface area contributed by atoms with Crippen molar-refractivity contribution < 1.29 is 4.79 Å². The predicted molar refractivity (Wildman–Crippen MR) is 113 cm³/mol. The minimum absolute atomic E-state index is 0.0626. The van der Waals surface area contributed by atoms with E-state index in [1.165, 1.54) is 27.7 Å². The number of halogens is 1. The SMILES string of the molecule is Cc1sc2nc(SCC(=O)Nc3cccc(I)c3)n(C)c(=O)c2c1C. The molecule has 3 aromatic rings. The maximum Gasteiger partial charge on any atom is 0.262 e. The maximum atomic E-state index is 12.6. The molecule has 130 valence electrons. The van der Waals surface area contributed by atoms with Crippen molar-refractivity contribution in [2.24, 2.45) is 7.05 Å². The zero-order valence-electron chi connectivity index (χ0n) is 13.9. The van der Waals surface area contributed by atoms with Crippen molar-refractivity contribution in [3.63, 3.8) is 0 Å². The van der Waals surface area contributed by atoms with Crippen LogP contribution >= 0.6 is 45.7 Å². The van der Waals surface area contributed by atoms with Crippen LogP contribution in [0.3, 0.4) is 0 Å². The van der Waals surface area contributed by atoms with Crippen LogP contribution in [0.15, 0.2) is 34.2 Å². The summed E-state index contributed by atoms with van der Waals surface area (Å²) in [4.78, 5) is 31.1. The topological polar surface area (TPSA) is 64.0 Å². The van der Waals surface area contributed by atoms with Crippen LogP contribution in [0, 0.1) is 17.4 Å². The van der Waals surface area contributed by atoms with Crippen molar-refractivity contribution in [1.29, 1.82) is 0 Å². The first-order valence-electron chi connectivity index (χ1n) is 7.51. The molecule has 1 aromatic carbocycles. The monoisotopic (exact) mass is 485 g/mol. The van der Waals surface area contributed by atoms with Gasteiger partial charge in [0.15, 0.2) is 5.16 Å². The van der Waals surface area contributed by atoms with E-state index < -0.39 is 0 Å². The Morgan fingerprint density at radius 1 is 1.40 bits per heavy atom. The van der Waals surface area contributed by atoms with E-state index in [1.807, 2.05) is 38.1 Å². The van der Waals surface area contributed by atoms with Crippen LogP contribution in [0.25, 0.3) is 10.2 Å². The Hall–Kier alpha value is -1.39. The lowest BCUT2D eigenvalue weighted by Crippen LogP contribution is -2.21. The Morgan fingerprint density at radius 2 is 2.16 bits per heavy atom. The summed E-state index contributed by atoms with van der Waals surface area (Å²) in [6.07, 6.45) is 0. The normalized spacial score (nSPS) is 11.0. The fraction of sp³-hybridized carbons (Fsp3) is 0.235. The molecule has 2 aromatic heterocycles. The number of hydrogen-bond donors (Lipinski definition) is 1. The van der Waals surface area contributed by atoms with Gasteiger partial charge in [0.05, 0.1) is 11.1 Å². The average Bonchev–Trinajstić information content (AvgIpc) is 2.84. The smallest absolute Gasteiger partial charge is 0.262 e. The number of nitrogens with one attached hydrogen (secondary N) is 1. The van der Waals surface area contributed by atoms with E-state index in [0.29, 0.717) is 10.5 Å². The summed E-state index contributed by atoms with van der Waals surface area (Å²) in [5.41, 5.74) is 1.69. The minimum Gasteiger partial charge on any atom is -0.325 e. The Labute approximate surface area is 167 Å². The van der Waals surface area contributed by atoms with Crippen molar-refractivity contribution in [2.45, 2.75) is 19.0 Å². The first-order chi connectivity index (χ1) is 11.9. The number of thiophene rings is 1. The summed E-state index contributed by atoms with van der Waals surface area (Å²) in [5, 5.41) is 4.09. The van der Waals surface area contributed by atoms with Gasteiger partial charge in [0.1, 0.15) is 4.83 Å². The highest BCUT2D eigenvalue weighted by Crippen LogP contribution is 2.28. The second kappa shape index (κ2) is 7.46. The summed E-state index contributed by atoms with van der Waals surface area (Å²) >= 11 is 4.98. The van der Waals surface area contributed by atoms with Crippen LogP contribution in [0.5, 0.6) is 0 Å². The lowest BCUT2D eigenvalue weighted by atomic mass is 10.2. The lowest BCUT2D eigenvalue weighted by Gasteiger charge is -2.08. The molecule has 1 amide bonds. The average molecular weight is 485 g/mol. The van der Waals surface area contributed by atoms with E-state index in [2.05, 4.69) is 32.9 Å². The number of carbonyl (C=O) groups is 1. The second-order valence-corrected chi connectivity index (χ2v) is 8.96. The Kier molecular flexibility index (Phi) is 5.49. The molecule has 0 fully saturated rings. The van der Waals surface area contributed by atoms with Gasteiger partial charge < -0.3 is 5.32 Å². The maximum absolute atomic E-state index is 12.6. The van der Waals surface area contributed by atoms with Gasteiger partial charge in [-0.25, -0.2) is 4.98 Å². The van der Waals surface area contributed by atoms with E-state index in [-0.39, 0.29) is 17.2 Å². The number of hydrogen-bond acceptors (Lipinski definition) is 5. The molecule has 0 spiro atoms. The highest BCUT2D eigenvalue weighted by molar-refractivity contribution is 14.1. The molecule has 2 heterocycles. The van der Waals surface area contributed by atoms with Crippen LogP contribution in [-0.2, 0) is 11.8 Å². The van der Waals surface area contributed by atoms with Gasteiger partial charge in [0.25, 0.3) is 5.56 Å². The molecule has 1 N–H and O–H groups in total. The molecule has 0 aliphatic heterocycles. The number of rotatable bonds is 4. The summed E-state index contributed by atoms with van der Waals surface area (Å²) in [6.45, 7) is 3.93. The number of carbonyl (C=O) groups excluding carboxylic acids is 1. The Morgan fingerprint density at radius 3 is 2.88 bits per heavy atom. The number of nitrogens with zero attached hydrogens (tertiary/aromatic N) is 2. The number of aromatic nitrogens is 2. The van der Waals surface area contributed by atoms with Gasteiger partial charge >= 0.3 is 0 Å². The number of amides is 1. The first kappa shape index (κ1) is 18.4. The van der Waals surface area contributed by atoms with E-state index >= 15 is 0 Å². The fourth-order valence-corrected chi connectivity index (χ4v) is 4.76. The standard InChI is InChI=1S/C17H16IN3O2S2/c1-9-10(2)25-15-14(9)16(23)21(3)17(20-15)24-8-13(22)19-12-6-4-5-11(18)7-12/h4-7H,8H2,1-3H3,(H,19,22). The van der Waals surface area contributed by atoms with E-state index in [9.17, 15) is 9.59 Å². The first-order valence-corrected chi connectivity index (χ1v) is 10.4. The van der Waals surface area contributed by atoms with E-state index in [4.69, 9.17) is 0 Å². The summed E-state index contributed by atoms with van der Waals surface area (Å²) < 4.78 is 2.58. The second-order valence-electron chi connectivity index (χ2n) is 5.57. The highest BCUT2D eigenvalue weighted by atomic mass is 127. The third-order valence-electron chi connectivity index (χ3n) is 3.81. The molecule has 0 bridgehead atoms. The third-order valence-corrected chi connectivity index (χ3v) is 6.61. The molecule has 0 saturated heterocycles. The van der Waals surface area contributed by atoms with E-state index in [0.717, 1.165) is 24.5 Å². The summed E-state index contributed by atoms with van der Waals surface area (Å²) in [7, 11) is 1.70. The van der Waals surface area contributed by atoms with Gasteiger partial charge in [0, 0.05) is 21.2 Å². The molecular weight excluding hydrogens is 469 g/mol. The zero-order valence-corrected chi connectivity index (χ0v) is 17.7. The van der Waals surface area contributed by atoms with Gasteiger partial charge in [-0.2, -0.15) is 0 Å². The fourth-order valence-electron chi connectivity index (χ4n) is 2.38. The van der Waals surface area contributed by atoms with Crippen molar-refractivity contribution in [3.05, 3.63) is 48.6 Å². The third kappa shape index (κ3) is 3.90. The van der Waals surface area contributed by atoms with Gasteiger partial charge in [-0.1, -0.05) is 17.8 Å². The van der Waals surface area contributed by atoms with Crippen LogP contribution in [0.2, 0.25) is 0 Å². The molecule has 0 atom stereocenters. The van der Waals surface area contributed by atoms with E-state index in [1.54, 1.807) is 7.05 Å². The molecule has 0 unspecified atom stereocenters. The minimum atomic E-state index is -0.125. The van der Waals surface area contributed by atoms with Gasteiger partial charge in [-0.05, 0) is 60.2 Å². The Bertz CT molecular complexity index is 1030.